The SMILES string of the molecule is O=S(=O)(Nc1ccc(Cl)cc1Cl)c1ccc(Br)cc1Br. The van der Waals surface area contributed by atoms with E-state index >= 15 is 0 Å². The van der Waals surface area contributed by atoms with Crippen LogP contribution in [0.3, 0.4) is 0 Å². The van der Waals surface area contributed by atoms with Gasteiger partial charge in [0, 0.05) is 14.0 Å². The van der Waals surface area contributed by atoms with E-state index in [1.54, 1.807) is 18.2 Å². The number of anilines is 1. The first kappa shape index (κ1) is 16.1. The van der Waals surface area contributed by atoms with Crippen molar-refractivity contribution in [3.8, 4) is 0 Å². The highest BCUT2D eigenvalue weighted by Gasteiger charge is 2.19. The van der Waals surface area contributed by atoms with Crippen molar-refractivity contribution < 1.29 is 8.42 Å². The Balaban J connectivity index is 2.41. The topological polar surface area (TPSA) is 46.2 Å². The van der Waals surface area contributed by atoms with Crippen molar-refractivity contribution in [2.45, 2.75) is 4.90 Å². The fraction of sp³-hybridized carbons (Fsp3) is 0. The second-order valence-electron chi connectivity index (χ2n) is 3.80. The van der Waals surface area contributed by atoms with E-state index in [1.807, 2.05) is 0 Å². The number of nitrogens with one attached hydrogen (secondary N) is 1. The van der Waals surface area contributed by atoms with E-state index in [2.05, 4.69) is 36.6 Å². The normalized spacial score (nSPS) is 11.4. The van der Waals surface area contributed by atoms with Gasteiger partial charge in [-0.25, -0.2) is 8.42 Å². The van der Waals surface area contributed by atoms with Gasteiger partial charge in [-0.2, -0.15) is 0 Å². The Bertz CT molecular complexity index is 766. The van der Waals surface area contributed by atoms with Crippen molar-refractivity contribution in [1.82, 2.24) is 0 Å². The third-order valence-corrected chi connectivity index (χ3v) is 5.74. The van der Waals surface area contributed by atoms with Gasteiger partial charge < -0.3 is 0 Å². The second-order valence-corrected chi connectivity index (χ2v) is 8.07. The van der Waals surface area contributed by atoms with Gasteiger partial charge in [0.05, 0.1) is 10.7 Å². The van der Waals surface area contributed by atoms with Crippen LogP contribution in [0, 0.1) is 0 Å². The van der Waals surface area contributed by atoms with E-state index in [-0.39, 0.29) is 15.6 Å². The van der Waals surface area contributed by atoms with Gasteiger partial charge in [0.2, 0.25) is 0 Å². The minimum atomic E-state index is -3.74. The minimum absolute atomic E-state index is 0.117. The molecule has 0 heterocycles. The monoisotopic (exact) mass is 457 g/mol. The number of sulfonamides is 1. The molecule has 0 radical (unpaired) electrons. The van der Waals surface area contributed by atoms with Crippen LogP contribution in [0.4, 0.5) is 5.69 Å². The predicted octanol–water partition coefficient (Wildman–Crippen LogP) is 5.32. The van der Waals surface area contributed by atoms with E-state index in [1.165, 1.54) is 18.2 Å². The average Bonchev–Trinajstić information content (AvgIpc) is 2.32. The van der Waals surface area contributed by atoms with Crippen molar-refractivity contribution in [1.29, 1.82) is 0 Å². The van der Waals surface area contributed by atoms with E-state index in [4.69, 9.17) is 23.2 Å². The van der Waals surface area contributed by atoms with E-state index in [9.17, 15) is 8.42 Å². The summed E-state index contributed by atoms with van der Waals surface area (Å²) < 4.78 is 28.3. The number of hydrogen-bond donors (Lipinski definition) is 1. The first-order valence-electron chi connectivity index (χ1n) is 5.22. The highest BCUT2D eigenvalue weighted by molar-refractivity contribution is 9.11. The molecule has 20 heavy (non-hydrogen) atoms. The highest BCUT2D eigenvalue weighted by Crippen LogP contribution is 2.30. The summed E-state index contributed by atoms with van der Waals surface area (Å²) in [6.45, 7) is 0. The molecule has 2 aromatic rings. The van der Waals surface area contributed by atoms with Crippen LogP contribution in [0.2, 0.25) is 10.0 Å². The van der Waals surface area contributed by atoms with Gasteiger partial charge in [-0.05, 0) is 52.3 Å². The summed E-state index contributed by atoms with van der Waals surface area (Å²) in [5.41, 5.74) is 0.269. The Morgan fingerprint density at radius 3 is 2.30 bits per heavy atom. The summed E-state index contributed by atoms with van der Waals surface area (Å²) in [6, 6.07) is 9.32. The van der Waals surface area contributed by atoms with Gasteiger partial charge in [-0.3, -0.25) is 4.72 Å². The van der Waals surface area contributed by atoms with E-state index in [0.717, 1.165) is 4.47 Å². The molecule has 0 fully saturated rings. The molecule has 2 rings (SSSR count). The second kappa shape index (κ2) is 6.23. The zero-order valence-corrected chi connectivity index (χ0v) is 15.2. The molecule has 0 saturated heterocycles. The van der Waals surface area contributed by atoms with Crippen LogP contribution in [-0.2, 0) is 10.0 Å². The van der Waals surface area contributed by atoms with Crippen molar-refractivity contribution in [3.05, 3.63) is 55.4 Å². The van der Waals surface area contributed by atoms with Gasteiger partial charge in [-0.1, -0.05) is 39.1 Å². The van der Waals surface area contributed by atoms with Crippen LogP contribution in [-0.4, -0.2) is 8.42 Å². The molecule has 2 aromatic carbocycles. The highest BCUT2D eigenvalue weighted by atomic mass is 79.9. The van der Waals surface area contributed by atoms with Crippen LogP contribution < -0.4 is 4.72 Å². The molecule has 0 aliphatic rings. The summed E-state index contributed by atoms with van der Waals surface area (Å²) in [6.07, 6.45) is 0. The molecule has 0 atom stereocenters. The van der Waals surface area contributed by atoms with Crippen LogP contribution in [0.5, 0.6) is 0 Å². The van der Waals surface area contributed by atoms with Crippen LogP contribution in [0.15, 0.2) is 50.2 Å². The molecule has 0 aromatic heterocycles. The molecule has 0 aliphatic heterocycles. The number of rotatable bonds is 3. The third-order valence-electron chi connectivity index (χ3n) is 2.36. The van der Waals surface area contributed by atoms with Crippen molar-refractivity contribution in [3.63, 3.8) is 0 Å². The molecule has 106 valence electrons. The molecule has 0 bridgehead atoms. The Morgan fingerprint density at radius 2 is 1.70 bits per heavy atom. The van der Waals surface area contributed by atoms with Crippen molar-refractivity contribution >= 4 is 70.8 Å². The van der Waals surface area contributed by atoms with Gasteiger partial charge in [0.1, 0.15) is 4.90 Å². The molecule has 0 saturated carbocycles. The maximum Gasteiger partial charge on any atom is 0.263 e. The summed E-state index contributed by atoms with van der Waals surface area (Å²) in [5.74, 6) is 0. The molecule has 8 heteroatoms. The summed E-state index contributed by atoms with van der Waals surface area (Å²) in [5, 5.41) is 0.664. The van der Waals surface area contributed by atoms with Gasteiger partial charge >= 0.3 is 0 Å². The quantitative estimate of drug-likeness (QED) is 0.675. The fourth-order valence-electron chi connectivity index (χ4n) is 1.47. The lowest BCUT2D eigenvalue weighted by Gasteiger charge is -2.11. The lowest BCUT2D eigenvalue weighted by atomic mass is 10.3. The first-order valence-corrected chi connectivity index (χ1v) is 9.05. The Labute approximate surface area is 143 Å². The van der Waals surface area contributed by atoms with Crippen molar-refractivity contribution in [2.24, 2.45) is 0 Å². The lowest BCUT2D eigenvalue weighted by Crippen LogP contribution is -2.13. The van der Waals surface area contributed by atoms with Gasteiger partial charge in [0.25, 0.3) is 10.0 Å². The number of halogens is 4. The maximum atomic E-state index is 12.3. The van der Waals surface area contributed by atoms with Crippen LogP contribution in [0.25, 0.3) is 0 Å². The van der Waals surface area contributed by atoms with Gasteiger partial charge in [-0.15, -0.1) is 0 Å². The standard InChI is InChI=1S/C12H7Br2Cl2NO2S/c13-7-1-4-12(9(14)5-7)20(18,19)17-11-3-2-8(15)6-10(11)16/h1-6,17H. The number of hydrogen-bond acceptors (Lipinski definition) is 2. The molecule has 0 amide bonds. The third kappa shape index (κ3) is 3.68. The fourth-order valence-corrected chi connectivity index (χ4v) is 4.80. The minimum Gasteiger partial charge on any atom is -0.278 e. The molecule has 3 nitrogen and oxygen atoms in total. The Kier molecular flexibility index (Phi) is 5.02. The maximum absolute atomic E-state index is 12.3. The van der Waals surface area contributed by atoms with Crippen molar-refractivity contribution in [2.75, 3.05) is 4.72 Å². The van der Waals surface area contributed by atoms with Crippen LogP contribution in [0.1, 0.15) is 0 Å². The average molecular weight is 460 g/mol. The summed E-state index contributed by atoms with van der Waals surface area (Å²) in [7, 11) is -3.74. The van der Waals surface area contributed by atoms with Crippen LogP contribution >= 0.6 is 55.1 Å². The van der Waals surface area contributed by atoms with E-state index in [0.29, 0.717) is 9.50 Å². The molecular weight excluding hydrogens is 453 g/mol. The lowest BCUT2D eigenvalue weighted by molar-refractivity contribution is 0.600. The molecular formula is C12H7Br2Cl2NO2S. The van der Waals surface area contributed by atoms with Gasteiger partial charge in [0.15, 0.2) is 0 Å². The summed E-state index contributed by atoms with van der Waals surface area (Å²) >= 11 is 18.2. The largest absolute Gasteiger partial charge is 0.278 e. The molecule has 0 unspecified atom stereocenters. The number of benzene rings is 2. The Morgan fingerprint density at radius 1 is 1.00 bits per heavy atom. The first-order chi connectivity index (χ1) is 9.29. The molecule has 0 aliphatic carbocycles. The zero-order chi connectivity index (χ0) is 14.9. The Hall–Kier alpha value is -0.270. The zero-order valence-electron chi connectivity index (χ0n) is 9.70. The van der Waals surface area contributed by atoms with E-state index < -0.39 is 10.0 Å². The predicted molar refractivity (Wildman–Crippen MR) is 89.1 cm³/mol. The smallest absolute Gasteiger partial charge is 0.263 e. The molecule has 1 N–H and O–H groups in total. The summed E-state index contributed by atoms with van der Waals surface area (Å²) in [4.78, 5) is 0.117. The molecule has 0 spiro atoms.